The SMILES string of the molecule is OCCCC(I)CC(F)(F)C(F)(F)C(F)(F)C(F)(F)C(F)(F)C(F)(F)C(F)(F)F. The Labute approximate surface area is 165 Å². The Hall–Kier alpha value is -0.360. The van der Waals surface area contributed by atoms with Crippen molar-refractivity contribution in [2.45, 2.75) is 64.9 Å². The van der Waals surface area contributed by atoms with Crippen molar-refractivity contribution in [3.05, 3.63) is 0 Å². The summed E-state index contributed by atoms with van der Waals surface area (Å²) < 4.78 is 193. The normalized spacial score (nSPS) is 16.9. The van der Waals surface area contributed by atoms with Gasteiger partial charge < -0.3 is 5.11 Å². The van der Waals surface area contributed by atoms with Crippen molar-refractivity contribution in [1.82, 2.24) is 0 Å². The van der Waals surface area contributed by atoms with Crippen molar-refractivity contribution in [1.29, 1.82) is 0 Å². The highest BCUT2D eigenvalue weighted by Gasteiger charge is 2.93. The van der Waals surface area contributed by atoms with Crippen LogP contribution in [-0.4, -0.2) is 57.3 Å². The first-order valence-corrected chi connectivity index (χ1v) is 8.28. The van der Waals surface area contributed by atoms with E-state index in [1.54, 1.807) is 0 Å². The van der Waals surface area contributed by atoms with Crippen LogP contribution in [0, 0.1) is 0 Å². The molecule has 0 aliphatic carbocycles. The Morgan fingerprint density at radius 3 is 1.28 bits per heavy atom. The minimum Gasteiger partial charge on any atom is -0.396 e. The highest BCUT2D eigenvalue weighted by Crippen LogP contribution is 2.62. The first kappa shape index (κ1) is 28.6. The van der Waals surface area contributed by atoms with E-state index in [0.717, 1.165) is 22.6 Å². The van der Waals surface area contributed by atoms with E-state index in [9.17, 15) is 65.9 Å². The van der Waals surface area contributed by atoms with E-state index in [1.807, 2.05) is 0 Å². The fraction of sp³-hybridized carbons (Fsp3) is 1.00. The summed E-state index contributed by atoms with van der Waals surface area (Å²) in [7, 11) is 0. The van der Waals surface area contributed by atoms with Crippen molar-refractivity contribution in [3.8, 4) is 0 Å². The summed E-state index contributed by atoms with van der Waals surface area (Å²) in [6, 6.07) is 0. The first-order valence-electron chi connectivity index (χ1n) is 7.04. The van der Waals surface area contributed by atoms with Gasteiger partial charge in [0, 0.05) is 17.0 Å². The maximum atomic E-state index is 13.5. The van der Waals surface area contributed by atoms with E-state index in [1.165, 1.54) is 0 Å². The molecule has 0 amide bonds. The van der Waals surface area contributed by atoms with Gasteiger partial charge in [-0.1, -0.05) is 22.6 Å². The predicted molar refractivity (Wildman–Crippen MR) is 74.5 cm³/mol. The van der Waals surface area contributed by atoms with Crippen LogP contribution >= 0.6 is 22.6 Å². The smallest absolute Gasteiger partial charge is 0.396 e. The highest BCUT2D eigenvalue weighted by molar-refractivity contribution is 14.1. The molecule has 0 radical (unpaired) electrons. The van der Waals surface area contributed by atoms with Crippen molar-refractivity contribution in [2.24, 2.45) is 0 Å². The standard InChI is InChI=1S/C12H10F15IO/c13-6(14,4-5(28)2-1-3-29)7(15,16)8(17,18)9(19,20)10(21,22)11(23,24)12(25,26)27/h5,29H,1-4H2. The van der Waals surface area contributed by atoms with Crippen LogP contribution in [-0.2, 0) is 0 Å². The van der Waals surface area contributed by atoms with Gasteiger partial charge >= 0.3 is 41.7 Å². The number of rotatable bonds is 10. The number of aliphatic hydroxyl groups excluding tert-OH is 1. The van der Waals surface area contributed by atoms with Crippen LogP contribution in [0.5, 0.6) is 0 Å². The molecular formula is C12H10F15IO. The van der Waals surface area contributed by atoms with Crippen molar-refractivity contribution >= 4 is 22.6 Å². The third-order valence-corrected chi connectivity index (χ3v) is 4.61. The zero-order valence-electron chi connectivity index (χ0n) is 13.4. The van der Waals surface area contributed by atoms with Crippen LogP contribution in [0.1, 0.15) is 19.3 Å². The van der Waals surface area contributed by atoms with Gasteiger partial charge in [-0.25, -0.2) is 0 Å². The molecule has 0 rings (SSSR count). The van der Waals surface area contributed by atoms with Gasteiger partial charge in [0.1, 0.15) is 0 Å². The van der Waals surface area contributed by atoms with Crippen molar-refractivity contribution in [3.63, 3.8) is 0 Å². The highest BCUT2D eigenvalue weighted by atomic mass is 127. The molecule has 0 aliphatic rings. The third-order valence-electron chi connectivity index (χ3n) is 3.55. The molecule has 176 valence electrons. The monoisotopic (exact) mass is 582 g/mol. The summed E-state index contributed by atoms with van der Waals surface area (Å²) >= 11 is 0.945. The topological polar surface area (TPSA) is 20.2 Å². The Morgan fingerprint density at radius 1 is 0.586 bits per heavy atom. The summed E-state index contributed by atoms with van der Waals surface area (Å²) in [6.07, 6.45) is -10.9. The second kappa shape index (κ2) is 8.29. The molecule has 0 bridgehead atoms. The molecule has 0 aromatic rings. The molecule has 1 N–H and O–H groups in total. The number of hydrogen-bond acceptors (Lipinski definition) is 1. The van der Waals surface area contributed by atoms with Gasteiger partial charge in [-0.15, -0.1) is 0 Å². The lowest BCUT2D eigenvalue weighted by molar-refractivity contribution is -0.452. The molecule has 0 saturated heterocycles. The summed E-state index contributed by atoms with van der Waals surface area (Å²) in [5.74, 6) is -46.2. The molecule has 0 heterocycles. The molecule has 0 aromatic carbocycles. The molecule has 1 nitrogen and oxygen atoms in total. The van der Waals surface area contributed by atoms with Crippen LogP contribution in [0.4, 0.5) is 65.9 Å². The number of halogens is 16. The summed E-state index contributed by atoms with van der Waals surface area (Å²) in [5.41, 5.74) is 0. The zero-order chi connectivity index (χ0) is 23.9. The zero-order valence-corrected chi connectivity index (χ0v) is 15.6. The summed E-state index contributed by atoms with van der Waals surface area (Å²) in [5, 5.41) is 8.44. The third kappa shape index (κ3) is 4.63. The largest absolute Gasteiger partial charge is 0.460 e. The van der Waals surface area contributed by atoms with E-state index < -0.39 is 65.1 Å². The summed E-state index contributed by atoms with van der Waals surface area (Å²) in [4.78, 5) is 0. The second-order valence-electron chi connectivity index (χ2n) is 5.74. The Kier molecular flexibility index (Phi) is 8.19. The first-order chi connectivity index (χ1) is 12.5. The van der Waals surface area contributed by atoms with E-state index in [2.05, 4.69) is 0 Å². The minimum absolute atomic E-state index is 0.350. The molecule has 1 atom stereocenters. The van der Waals surface area contributed by atoms with Crippen LogP contribution in [0.2, 0.25) is 0 Å². The van der Waals surface area contributed by atoms with E-state index in [-0.39, 0.29) is 6.42 Å². The minimum atomic E-state index is -8.25. The molecule has 0 fully saturated rings. The molecule has 0 saturated carbocycles. The predicted octanol–water partition coefficient (Wildman–Crippen LogP) is 6.33. The van der Waals surface area contributed by atoms with Crippen LogP contribution < -0.4 is 0 Å². The van der Waals surface area contributed by atoms with Gasteiger partial charge in [0.05, 0.1) is 0 Å². The molecular weight excluding hydrogens is 572 g/mol. The van der Waals surface area contributed by atoms with E-state index in [0.29, 0.717) is 0 Å². The molecule has 0 spiro atoms. The maximum absolute atomic E-state index is 13.5. The number of aliphatic hydroxyl groups is 1. The maximum Gasteiger partial charge on any atom is 0.460 e. The Bertz CT molecular complexity index is 556. The lowest BCUT2D eigenvalue weighted by Crippen LogP contribution is -2.72. The quantitative estimate of drug-likeness (QED) is 0.182. The lowest BCUT2D eigenvalue weighted by Gasteiger charge is -2.41. The fourth-order valence-electron chi connectivity index (χ4n) is 1.82. The van der Waals surface area contributed by atoms with Crippen LogP contribution in [0.15, 0.2) is 0 Å². The second-order valence-corrected chi connectivity index (χ2v) is 7.50. The van der Waals surface area contributed by atoms with Gasteiger partial charge in [0.15, 0.2) is 0 Å². The van der Waals surface area contributed by atoms with Gasteiger partial charge in [0.25, 0.3) is 0 Å². The van der Waals surface area contributed by atoms with Crippen molar-refractivity contribution in [2.75, 3.05) is 6.61 Å². The van der Waals surface area contributed by atoms with Gasteiger partial charge in [-0.3, -0.25) is 0 Å². The average Bonchev–Trinajstić information content (AvgIpc) is 2.50. The fourth-order valence-corrected chi connectivity index (χ4v) is 2.81. The number of hydrogen-bond donors (Lipinski definition) is 1. The van der Waals surface area contributed by atoms with Crippen molar-refractivity contribution < 1.29 is 71.0 Å². The van der Waals surface area contributed by atoms with E-state index in [4.69, 9.17) is 5.11 Å². The van der Waals surface area contributed by atoms with Gasteiger partial charge in [-0.05, 0) is 12.8 Å². The van der Waals surface area contributed by atoms with Crippen LogP contribution in [0.25, 0.3) is 0 Å². The molecule has 29 heavy (non-hydrogen) atoms. The molecule has 17 heteroatoms. The summed E-state index contributed by atoms with van der Waals surface area (Å²) in [6.45, 7) is -0.686. The molecule has 0 aromatic heterocycles. The average molecular weight is 582 g/mol. The lowest BCUT2D eigenvalue weighted by atomic mass is 9.89. The number of alkyl halides is 16. The molecule has 1 unspecified atom stereocenters. The van der Waals surface area contributed by atoms with Gasteiger partial charge in [0.2, 0.25) is 0 Å². The van der Waals surface area contributed by atoms with Gasteiger partial charge in [-0.2, -0.15) is 65.9 Å². The Balaban J connectivity index is 6.22. The Morgan fingerprint density at radius 2 is 0.931 bits per heavy atom. The van der Waals surface area contributed by atoms with Crippen LogP contribution in [0.3, 0.4) is 0 Å². The van der Waals surface area contributed by atoms with E-state index >= 15 is 0 Å². The molecule has 0 aliphatic heterocycles.